The Morgan fingerprint density at radius 1 is 1.00 bits per heavy atom. The van der Waals surface area contributed by atoms with Gasteiger partial charge in [0.2, 0.25) is 0 Å². The maximum atomic E-state index is 12.7. The molecule has 5 unspecified atom stereocenters. The number of ketones is 2. The number of allylic oxidation sites excluding steroid dienone is 4. The van der Waals surface area contributed by atoms with E-state index in [9.17, 15) is 9.59 Å². The van der Waals surface area contributed by atoms with Crippen LogP contribution in [0.15, 0.2) is 70.1 Å². The highest BCUT2D eigenvalue weighted by molar-refractivity contribution is 5.93. The van der Waals surface area contributed by atoms with E-state index in [1.807, 2.05) is 12.1 Å². The van der Waals surface area contributed by atoms with Gasteiger partial charge >= 0.3 is 0 Å². The molecule has 0 N–H and O–H groups in total. The molecule has 170 valence electrons. The number of fused-ring (bicyclic) bond motifs is 4. The van der Waals surface area contributed by atoms with Crippen LogP contribution in [0, 0.1) is 23.2 Å². The lowest BCUT2D eigenvalue weighted by molar-refractivity contribution is -0.125. The minimum atomic E-state index is 0.0557. The van der Waals surface area contributed by atoms with Crippen molar-refractivity contribution in [3.63, 3.8) is 0 Å². The van der Waals surface area contributed by atoms with Gasteiger partial charge in [-0.3, -0.25) is 9.59 Å². The number of rotatable bonds is 3. The van der Waals surface area contributed by atoms with Gasteiger partial charge in [-0.15, -0.1) is 0 Å². The SMILES string of the molecule is CC(=O)C1CCC2C3CCC4=CC(=O)CCC4=C3C(c3ccc(-c4ccoc4)cc3)CC12C. The second kappa shape index (κ2) is 7.68. The Balaban J connectivity index is 1.47. The Morgan fingerprint density at radius 3 is 2.55 bits per heavy atom. The topological polar surface area (TPSA) is 47.3 Å². The highest BCUT2D eigenvalue weighted by Gasteiger charge is 2.57. The summed E-state index contributed by atoms with van der Waals surface area (Å²) in [7, 11) is 0. The quantitative estimate of drug-likeness (QED) is 0.514. The lowest BCUT2D eigenvalue weighted by Gasteiger charge is -2.52. The maximum absolute atomic E-state index is 12.7. The molecule has 2 aromatic rings. The molecule has 2 fully saturated rings. The van der Waals surface area contributed by atoms with Gasteiger partial charge in [0.05, 0.1) is 12.5 Å². The zero-order valence-electron chi connectivity index (χ0n) is 19.6. The normalized spacial score (nSPS) is 33.3. The second-order valence-electron chi connectivity index (χ2n) is 11.0. The lowest BCUT2D eigenvalue weighted by atomic mass is 9.51. The van der Waals surface area contributed by atoms with E-state index >= 15 is 0 Å². The molecular formula is C30H32O3. The monoisotopic (exact) mass is 440 g/mol. The van der Waals surface area contributed by atoms with Crippen LogP contribution in [-0.4, -0.2) is 11.6 Å². The zero-order valence-corrected chi connectivity index (χ0v) is 19.6. The van der Waals surface area contributed by atoms with Crippen LogP contribution in [0.4, 0.5) is 0 Å². The minimum absolute atomic E-state index is 0.0557. The molecular weight excluding hydrogens is 408 g/mol. The summed E-state index contributed by atoms with van der Waals surface area (Å²) >= 11 is 0. The zero-order chi connectivity index (χ0) is 22.7. The van der Waals surface area contributed by atoms with Gasteiger partial charge in [0.15, 0.2) is 5.78 Å². The van der Waals surface area contributed by atoms with Crippen LogP contribution >= 0.6 is 0 Å². The van der Waals surface area contributed by atoms with E-state index in [-0.39, 0.29) is 17.1 Å². The summed E-state index contributed by atoms with van der Waals surface area (Å²) in [6.45, 7) is 4.20. The Bertz CT molecular complexity index is 1160. The smallest absolute Gasteiger partial charge is 0.156 e. The highest BCUT2D eigenvalue weighted by Crippen LogP contribution is 2.65. The van der Waals surface area contributed by atoms with Gasteiger partial charge in [0, 0.05) is 23.8 Å². The third-order valence-corrected chi connectivity index (χ3v) is 9.39. The second-order valence-corrected chi connectivity index (χ2v) is 11.0. The van der Waals surface area contributed by atoms with Crippen molar-refractivity contribution in [1.29, 1.82) is 0 Å². The van der Waals surface area contributed by atoms with E-state index in [0.29, 0.717) is 30.0 Å². The van der Waals surface area contributed by atoms with Crippen molar-refractivity contribution in [2.24, 2.45) is 23.2 Å². The van der Waals surface area contributed by atoms with Crippen molar-refractivity contribution in [2.45, 2.75) is 64.7 Å². The van der Waals surface area contributed by atoms with E-state index < -0.39 is 0 Å². The van der Waals surface area contributed by atoms with Gasteiger partial charge in [-0.2, -0.15) is 0 Å². The molecule has 0 aliphatic heterocycles. The fourth-order valence-corrected chi connectivity index (χ4v) is 7.96. The molecule has 0 bridgehead atoms. The van der Waals surface area contributed by atoms with Gasteiger partial charge in [0.1, 0.15) is 5.78 Å². The predicted molar refractivity (Wildman–Crippen MR) is 129 cm³/mol. The van der Waals surface area contributed by atoms with E-state index in [2.05, 4.69) is 31.2 Å². The number of carbonyl (C=O) groups is 2. The van der Waals surface area contributed by atoms with Crippen LogP contribution in [0.25, 0.3) is 11.1 Å². The first-order chi connectivity index (χ1) is 16.0. The first kappa shape index (κ1) is 20.9. The standard InChI is InChI=1S/C30H32O3/c1-18(31)27-11-12-28-25-9-7-21-15-23(32)8-10-24(21)29(25)26(16-30(27,28)2)20-5-3-19(4-6-20)22-13-14-33-17-22/h3-6,13-15,17,25-28H,7-12,16H2,1-2H3. The van der Waals surface area contributed by atoms with Crippen molar-refractivity contribution in [2.75, 3.05) is 0 Å². The Labute approximate surface area is 196 Å². The fourth-order valence-electron chi connectivity index (χ4n) is 7.96. The van der Waals surface area contributed by atoms with Crippen LogP contribution in [0.3, 0.4) is 0 Å². The number of hydrogen-bond acceptors (Lipinski definition) is 3. The molecule has 0 amide bonds. The van der Waals surface area contributed by atoms with Crippen LogP contribution in [0.2, 0.25) is 0 Å². The third kappa shape index (κ3) is 3.23. The Morgan fingerprint density at radius 2 is 1.82 bits per heavy atom. The first-order valence-electron chi connectivity index (χ1n) is 12.6. The van der Waals surface area contributed by atoms with Crippen LogP contribution in [0.5, 0.6) is 0 Å². The van der Waals surface area contributed by atoms with Gasteiger partial charge in [-0.25, -0.2) is 0 Å². The lowest BCUT2D eigenvalue weighted by Crippen LogP contribution is -2.44. The summed E-state index contributed by atoms with van der Waals surface area (Å²) in [4.78, 5) is 24.9. The Hall–Kier alpha value is -2.68. The van der Waals surface area contributed by atoms with Crippen LogP contribution < -0.4 is 0 Å². The summed E-state index contributed by atoms with van der Waals surface area (Å²) in [6, 6.07) is 11.0. The number of hydrogen-bond donors (Lipinski definition) is 0. The predicted octanol–water partition coefficient (Wildman–Crippen LogP) is 7.05. The van der Waals surface area contributed by atoms with Crippen LogP contribution in [0.1, 0.15) is 70.3 Å². The molecule has 1 aromatic heterocycles. The van der Waals surface area contributed by atoms with Gasteiger partial charge in [-0.05, 0) is 97.1 Å². The van der Waals surface area contributed by atoms with Gasteiger partial charge in [-0.1, -0.05) is 36.8 Å². The van der Waals surface area contributed by atoms with Gasteiger partial charge < -0.3 is 4.42 Å². The molecule has 1 heterocycles. The molecule has 4 aliphatic rings. The molecule has 0 spiro atoms. The third-order valence-electron chi connectivity index (χ3n) is 9.39. The van der Waals surface area contributed by atoms with Crippen molar-refractivity contribution >= 4 is 11.6 Å². The van der Waals surface area contributed by atoms with E-state index in [4.69, 9.17) is 4.42 Å². The van der Waals surface area contributed by atoms with Crippen molar-refractivity contribution in [1.82, 2.24) is 0 Å². The number of Topliss-reactive ketones (excluding diaryl/α,β-unsaturated/α-hetero) is 1. The maximum Gasteiger partial charge on any atom is 0.156 e. The molecule has 2 saturated carbocycles. The molecule has 6 rings (SSSR count). The first-order valence-corrected chi connectivity index (χ1v) is 12.6. The molecule has 0 radical (unpaired) electrons. The molecule has 33 heavy (non-hydrogen) atoms. The summed E-state index contributed by atoms with van der Waals surface area (Å²) < 4.78 is 5.28. The van der Waals surface area contributed by atoms with Crippen molar-refractivity contribution < 1.29 is 14.0 Å². The van der Waals surface area contributed by atoms with Crippen molar-refractivity contribution in [3.8, 4) is 11.1 Å². The fraction of sp³-hybridized carbons (Fsp3) is 0.467. The van der Waals surface area contributed by atoms with Crippen molar-refractivity contribution in [3.05, 3.63) is 71.2 Å². The summed E-state index contributed by atoms with van der Waals surface area (Å²) in [5.41, 5.74) is 8.03. The number of benzene rings is 1. The van der Waals surface area contributed by atoms with E-state index in [1.54, 1.807) is 25.0 Å². The molecule has 3 nitrogen and oxygen atoms in total. The summed E-state index contributed by atoms with van der Waals surface area (Å²) in [5.74, 6) is 2.26. The van der Waals surface area contributed by atoms with Crippen LogP contribution in [-0.2, 0) is 9.59 Å². The van der Waals surface area contributed by atoms with Gasteiger partial charge in [0.25, 0.3) is 0 Å². The van der Waals surface area contributed by atoms with E-state index in [1.165, 1.54) is 16.7 Å². The largest absolute Gasteiger partial charge is 0.472 e. The van der Waals surface area contributed by atoms with E-state index in [0.717, 1.165) is 49.7 Å². The minimum Gasteiger partial charge on any atom is -0.472 e. The average molecular weight is 441 g/mol. The Kier molecular flexibility index (Phi) is 4.87. The summed E-state index contributed by atoms with van der Waals surface area (Å²) in [6.07, 6.45) is 12.3. The average Bonchev–Trinajstić information content (AvgIpc) is 3.46. The number of furan rings is 1. The molecule has 5 atom stereocenters. The molecule has 3 heteroatoms. The molecule has 4 aliphatic carbocycles. The number of carbonyl (C=O) groups excluding carboxylic acids is 2. The molecule has 1 aromatic carbocycles. The highest BCUT2D eigenvalue weighted by atomic mass is 16.3. The molecule has 0 saturated heterocycles. The summed E-state index contributed by atoms with van der Waals surface area (Å²) in [5, 5.41) is 0.